The van der Waals surface area contributed by atoms with Crippen LogP contribution >= 0.6 is 0 Å². The summed E-state index contributed by atoms with van der Waals surface area (Å²) in [7, 11) is 0. The molecule has 0 aliphatic carbocycles. The van der Waals surface area contributed by atoms with E-state index in [4.69, 9.17) is 5.41 Å². The minimum absolute atomic E-state index is 0.444. The van der Waals surface area contributed by atoms with Crippen molar-refractivity contribution in [1.29, 1.82) is 5.41 Å². The minimum Gasteiger partial charge on any atom is -0.341 e. The topological polar surface area (TPSA) is 64.9 Å². The molecule has 0 aromatic carbocycles. The van der Waals surface area contributed by atoms with Crippen LogP contribution in [0.4, 0.5) is 0 Å². The van der Waals surface area contributed by atoms with Gasteiger partial charge in [-0.3, -0.25) is 5.41 Å². The van der Waals surface area contributed by atoms with Gasteiger partial charge < -0.3 is 4.98 Å². The van der Waals surface area contributed by atoms with Gasteiger partial charge in [0.15, 0.2) is 0 Å². The minimum atomic E-state index is 0.444. The van der Waals surface area contributed by atoms with Crippen molar-refractivity contribution < 1.29 is 0 Å². The highest BCUT2D eigenvalue weighted by atomic mass is 14.9. The van der Waals surface area contributed by atoms with Gasteiger partial charge in [-0.05, 0) is 5.92 Å². The molecular formula is C8H12N4. The van der Waals surface area contributed by atoms with Crippen LogP contribution in [0.1, 0.15) is 31.3 Å². The van der Waals surface area contributed by atoms with Crippen LogP contribution in [0.3, 0.4) is 0 Å². The molecule has 2 N–H and O–H groups in total. The zero-order valence-electron chi connectivity index (χ0n) is 7.20. The van der Waals surface area contributed by atoms with Gasteiger partial charge in [0.25, 0.3) is 0 Å². The number of nitrogens with one attached hydrogen (secondary N) is 2. The smallest absolute Gasteiger partial charge is 0.148 e. The van der Waals surface area contributed by atoms with Crippen LogP contribution < -0.4 is 0 Å². The standard InChI is InChI=1S/C8H12N4/c1-6(2)7-3-11-8(12-7)4-10-5-9/h3-6,9H,1-2H3,(H,11,12). The molecular weight excluding hydrogens is 152 g/mol. The highest BCUT2D eigenvalue weighted by Gasteiger charge is 2.01. The lowest BCUT2D eigenvalue weighted by atomic mass is 10.2. The summed E-state index contributed by atoms with van der Waals surface area (Å²) < 4.78 is 0. The highest BCUT2D eigenvalue weighted by Crippen LogP contribution is 2.09. The first-order chi connectivity index (χ1) is 5.74. The summed E-state index contributed by atoms with van der Waals surface area (Å²) >= 11 is 0. The van der Waals surface area contributed by atoms with E-state index in [0.29, 0.717) is 11.7 Å². The lowest BCUT2D eigenvalue weighted by Gasteiger charge is -1.96. The zero-order chi connectivity index (χ0) is 8.97. The van der Waals surface area contributed by atoms with Crippen molar-refractivity contribution in [3.63, 3.8) is 0 Å². The van der Waals surface area contributed by atoms with Crippen LogP contribution in [0, 0.1) is 5.41 Å². The number of imidazole rings is 1. The summed E-state index contributed by atoms with van der Waals surface area (Å²) in [6, 6.07) is 0. The Morgan fingerprint density at radius 3 is 2.92 bits per heavy atom. The van der Waals surface area contributed by atoms with Gasteiger partial charge in [-0.1, -0.05) is 13.8 Å². The normalized spacial score (nSPS) is 11.2. The second kappa shape index (κ2) is 3.80. The molecule has 64 valence electrons. The van der Waals surface area contributed by atoms with E-state index in [1.807, 2.05) is 0 Å². The lowest BCUT2D eigenvalue weighted by Crippen LogP contribution is -1.88. The van der Waals surface area contributed by atoms with Gasteiger partial charge >= 0.3 is 0 Å². The molecule has 0 bridgehead atoms. The van der Waals surface area contributed by atoms with Gasteiger partial charge in [0, 0.05) is 11.9 Å². The Bertz CT molecular complexity index is 285. The van der Waals surface area contributed by atoms with Gasteiger partial charge in [-0.25, -0.2) is 9.98 Å². The number of hydrogen-bond donors (Lipinski definition) is 2. The number of aromatic nitrogens is 2. The van der Waals surface area contributed by atoms with E-state index in [-0.39, 0.29) is 0 Å². The lowest BCUT2D eigenvalue weighted by molar-refractivity contribution is 0.832. The Labute approximate surface area is 71.3 Å². The van der Waals surface area contributed by atoms with E-state index < -0.39 is 0 Å². The molecule has 12 heavy (non-hydrogen) atoms. The average Bonchev–Trinajstić information content (AvgIpc) is 2.48. The molecule has 1 heterocycles. The van der Waals surface area contributed by atoms with E-state index in [0.717, 1.165) is 12.0 Å². The van der Waals surface area contributed by atoms with Crippen LogP contribution in [-0.4, -0.2) is 22.5 Å². The second-order valence-corrected chi connectivity index (χ2v) is 2.79. The Balaban J connectivity index is 2.77. The van der Waals surface area contributed by atoms with Crippen molar-refractivity contribution in [2.75, 3.05) is 0 Å². The third-order valence-corrected chi connectivity index (χ3v) is 1.51. The molecule has 0 atom stereocenters. The van der Waals surface area contributed by atoms with Gasteiger partial charge in [-0.15, -0.1) is 0 Å². The van der Waals surface area contributed by atoms with Crippen LogP contribution in [0.15, 0.2) is 11.2 Å². The summed E-state index contributed by atoms with van der Waals surface area (Å²) in [6.45, 7) is 4.18. The Morgan fingerprint density at radius 2 is 2.42 bits per heavy atom. The molecule has 0 aliphatic heterocycles. The monoisotopic (exact) mass is 164 g/mol. The van der Waals surface area contributed by atoms with Crippen LogP contribution in [-0.2, 0) is 0 Å². The summed E-state index contributed by atoms with van der Waals surface area (Å²) in [4.78, 5) is 10.8. The van der Waals surface area contributed by atoms with Crippen LogP contribution in [0.2, 0.25) is 0 Å². The quantitative estimate of drug-likeness (QED) is 0.516. The fourth-order valence-electron chi connectivity index (χ4n) is 0.818. The summed E-state index contributed by atoms with van der Waals surface area (Å²) in [5, 5.41) is 6.68. The van der Waals surface area contributed by atoms with Gasteiger partial charge in [0.2, 0.25) is 0 Å². The molecule has 0 radical (unpaired) electrons. The van der Waals surface area contributed by atoms with Crippen molar-refractivity contribution in [1.82, 2.24) is 9.97 Å². The van der Waals surface area contributed by atoms with E-state index in [1.54, 1.807) is 6.20 Å². The first-order valence-electron chi connectivity index (χ1n) is 3.81. The summed E-state index contributed by atoms with van der Waals surface area (Å²) in [5.74, 6) is 1.14. The molecule has 0 aliphatic rings. The molecule has 0 saturated heterocycles. The number of rotatable bonds is 3. The van der Waals surface area contributed by atoms with Gasteiger partial charge in [0.1, 0.15) is 12.2 Å². The van der Waals surface area contributed by atoms with Crippen molar-refractivity contribution >= 4 is 12.6 Å². The molecule has 4 nitrogen and oxygen atoms in total. The van der Waals surface area contributed by atoms with Crippen molar-refractivity contribution in [3.8, 4) is 0 Å². The fourth-order valence-corrected chi connectivity index (χ4v) is 0.818. The molecule has 0 unspecified atom stereocenters. The number of aliphatic imine (C=N–C) groups is 1. The number of aromatic amines is 1. The van der Waals surface area contributed by atoms with Crippen LogP contribution in [0.5, 0.6) is 0 Å². The zero-order valence-corrected chi connectivity index (χ0v) is 7.20. The van der Waals surface area contributed by atoms with E-state index in [2.05, 4.69) is 28.8 Å². The predicted octanol–water partition coefficient (Wildman–Crippen LogP) is 1.56. The first kappa shape index (κ1) is 8.64. The second-order valence-electron chi connectivity index (χ2n) is 2.79. The fraction of sp³-hybridized carbons (Fsp3) is 0.375. The maximum atomic E-state index is 6.68. The Hall–Kier alpha value is -1.45. The number of hydrogen-bond acceptors (Lipinski definition) is 2. The predicted molar refractivity (Wildman–Crippen MR) is 49.1 cm³/mol. The van der Waals surface area contributed by atoms with E-state index in [9.17, 15) is 0 Å². The van der Waals surface area contributed by atoms with Crippen LogP contribution in [0.25, 0.3) is 0 Å². The molecule has 0 saturated carbocycles. The maximum Gasteiger partial charge on any atom is 0.148 e. The van der Waals surface area contributed by atoms with Gasteiger partial charge in [0.05, 0.1) is 6.21 Å². The maximum absolute atomic E-state index is 6.68. The van der Waals surface area contributed by atoms with Crippen molar-refractivity contribution in [2.45, 2.75) is 19.8 Å². The van der Waals surface area contributed by atoms with E-state index in [1.165, 1.54) is 6.21 Å². The van der Waals surface area contributed by atoms with Gasteiger partial charge in [-0.2, -0.15) is 0 Å². The first-order valence-corrected chi connectivity index (χ1v) is 3.81. The average molecular weight is 164 g/mol. The van der Waals surface area contributed by atoms with Crippen molar-refractivity contribution in [3.05, 3.63) is 17.7 Å². The summed E-state index contributed by atoms with van der Waals surface area (Å²) in [5.41, 5.74) is 1.08. The Morgan fingerprint density at radius 1 is 1.67 bits per heavy atom. The number of nitrogens with zero attached hydrogens (tertiary/aromatic N) is 2. The molecule has 1 aromatic rings. The Kier molecular flexibility index (Phi) is 2.74. The van der Waals surface area contributed by atoms with E-state index >= 15 is 0 Å². The summed E-state index contributed by atoms with van der Waals surface area (Å²) in [6.07, 6.45) is 4.30. The molecule has 0 fully saturated rings. The largest absolute Gasteiger partial charge is 0.341 e. The SMILES string of the molecule is CC(C)c1cnc(C=NC=N)[nH]1. The third kappa shape index (κ3) is 2.02. The molecule has 0 amide bonds. The molecule has 4 heteroatoms. The van der Waals surface area contributed by atoms with Crippen molar-refractivity contribution in [2.24, 2.45) is 4.99 Å². The highest BCUT2D eigenvalue weighted by molar-refractivity contribution is 5.81. The molecule has 1 rings (SSSR count). The molecule has 1 aromatic heterocycles. The number of H-pyrrole nitrogens is 1. The molecule has 0 spiro atoms. The third-order valence-electron chi connectivity index (χ3n) is 1.51.